The Kier molecular flexibility index (Phi) is 12.4. The lowest BCUT2D eigenvalue weighted by molar-refractivity contribution is -0.717. The van der Waals surface area contributed by atoms with E-state index in [1.807, 2.05) is 66.7 Å². The number of ether oxygens (including phenoxy) is 1. The largest absolute Gasteiger partial charge is 1.00 e. The number of aliphatic hydroxyl groups is 1. The van der Waals surface area contributed by atoms with Gasteiger partial charge < -0.3 is 22.3 Å². The third-order valence-corrected chi connectivity index (χ3v) is 8.28. The fraction of sp³-hybridized carbons (Fsp3) is 0.342. The molecule has 0 bridgehead atoms. The predicted molar refractivity (Wildman–Crippen MR) is 172 cm³/mol. The smallest absolute Gasteiger partial charge is 0.268 e. The first-order valence-corrected chi connectivity index (χ1v) is 15.7. The summed E-state index contributed by atoms with van der Waals surface area (Å²) in [7, 11) is 0. The molecule has 0 atom stereocenters. The Labute approximate surface area is 263 Å². The fourth-order valence-electron chi connectivity index (χ4n) is 5.99. The Morgan fingerprint density at radius 1 is 0.651 bits per heavy atom. The maximum Gasteiger partial charge on any atom is 0.268 e. The minimum absolute atomic E-state index is 0. The predicted octanol–water partition coefficient (Wildman–Crippen LogP) is 5.52. The Hall–Kier alpha value is -3.44. The zero-order chi connectivity index (χ0) is 29.0. The van der Waals surface area contributed by atoms with Gasteiger partial charge in [0, 0.05) is 0 Å². The van der Waals surface area contributed by atoms with Gasteiger partial charge in [0.1, 0.15) is 11.3 Å². The molecule has 0 fully saturated rings. The molecule has 0 amide bonds. The standard InChI is InChI=1S/C38H45N2O2.ClH/c1-2-3-4-5-6-7-8-20-29-42-31-39-35-27-18-19-28-36(35)40(34-25-16-11-17-26-34)37(39)30-38(41,32-21-12-9-13-22-32)33-23-14-10-15-24-33;/h9-19,21-28,41H,2-8,20,29-31H2,1H3;1H/q+1;/p-1. The zero-order valence-corrected chi connectivity index (χ0v) is 26.1. The first-order valence-electron chi connectivity index (χ1n) is 15.7. The lowest BCUT2D eigenvalue weighted by atomic mass is 9.83. The van der Waals surface area contributed by atoms with E-state index in [1.54, 1.807) is 0 Å². The Morgan fingerprint density at radius 3 is 1.77 bits per heavy atom. The van der Waals surface area contributed by atoms with Gasteiger partial charge in [-0.1, -0.05) is 143 Å². The van der Waals surface area contributed by atoms with Crippen molar-refractivity contribution in [2.45, 2.75) is 77.0 Å². The van der Waals surface area contributed by atoms with E-state index < -0.39 is 5.60 Å². The van der Waals surface area contributed by atoms with Crippen LogP contribution in [0.25, 0.3) is 16.7 Å². The summed E-state index contributed by atoms with van der Waals surface area (Å²) in [6, 6.07) is 39.0. The van der Waals surface area contributed by atoms with Crippen LogP contribution in [0.15, 0.2) is 115 Å². The van der Waals surface area contributed by atoms with E-state index in [0.29, 0.717) is 13.2 Å². The van der Waals surface area contributed by atoms with Crippen LogP contribution in [0.2, 0.25) is 0 Å². The van der Waals surface area contributed by atoms with E-state index in [2.05, 4.69) is 64.6 Å². The van der Waals surface area contributed by atoms with E-state index in [1.165, 1.54) is 44.9 Å². The Morgan fingerprint density at radius 2 is 1.16 bits per heavy atom. The molecular weight excluding hydrogens is 552 g/mol. The van der Waals surface area contributed by atoms with Gasteiger partial charge in [-0.2, -0.15) is 4.57 Å². The molecule has 1 N–H and O–H groups in total. The normalized spacial score (nSPS) is 11.5. The second-order valence-electron chi connectivity index (χ2n) is 11.3. The molecule has 43 heavy (non-hydrogen) atoms. The summed E-state index contributed by atoms with van der Waals surface area (Å²) < 4.78 is 10.9. The highest BCUT2D eigenvalue weighted by atomic mass is 35.5. The maximum absolute atomic E-state index is 12.6. The highest BCUT2D eigenvalue weighted by molar-refractivity contribution is 5.74. The summed E-state index contributed by atoms with van der Waals surface area (Å²) in [6.45, 7) is 3.43. The molecule has 0 radical (unpaired) electrons. The van der Waals surface area contributed by atoms with Crippen LogP contribution in [0.1, 0.15) is 75.2 Å². The molecular formula is C38H45ClN2O2. The summed E-state index contributed by atoms with van der Waals surface area (Å²) in [5.74, 6) is 0.994. The van der Waals surface area contributed by atoms with Crippen molar-refractivity contribution in [3.63, 3.8) is 0 Å². The van der Waals surface area contributed by atoms with Crippen LogP contribution in [0.4, 0.5) is 0 Å². The van der Waals surface area contributed by atoms with Crippen molar-refractivity contribution in [1.82, 2.24) is 4.57 Å². The van der Waals surface area contributed by atoms with Crippen LogP contribution in [0, 0.1) is 0 Å². The van der Waals surface area contributed by atoms with E-state index >= 15 is 0 Å². The maximum atomic E-state index is 12.6. The van der Waals surface area contributed by atoms with Crippen LogP contribution in [0.5, 0.6) is 0 Å². The first kappa shape index (κ1) is 32.5. The lowest BCUT2D eigenvalue weighted by Crippen LogP contribution is -3.00. The summed E-state index contributed by atoms with van der Waals surface area (Å²) in [5, 5.41) is 12.6. The van der Waals surface area contributed by atoms with Gasteiger partial charge in [0.25, 0.3) is 5.82 Å². The summed E-state index contributed by atoms with van der Waals surface area (Å²) in [5.41, 5.74) is 3.76. The number of hydrogen-bond acceptors (Lipinski definition) is 2. The monoisotopic (exact) mass is 596 g/mol. The number of para-hydroxylation sites is 3. The van der Waals surface area contributed by atoms with Crippen LogP contribution < -0.4 is 17.0 Å². The molecule has 1 heterocycles. The van der Waals surface area contributed by atoms with E-state index in [0.717, 1.165) is 46.7 Å². The van der Waals surface area contributed by atoms with E-state index in [9.17, 15) is 5.11 Å². The molecule has 0 aliphatic heterocycles. The van der Waals surface area contributed by atoms with Gasteiger partial charge in [0.05, 0.1) is 13.0 Å². The molecule has 226 valence electrons. The average molecular weight is 597 g/mol. The van der Waals surface area contributed by atoms with Gasteiger partial charge in [-0.05, 0) is 41.8 Å². The van der Waals surface area contributed by atoms with Crippen molar-refractivity contribution in [2.75, 3.05) is 6.61 Å². The molecule has 4 aromatic carbocycles. The summed E-state index contributed by atoms with van der Waals surface area (Å²) in [4.78, 5) is 0. The zero-order valence-electron chi connectivity index (χ0n) is 25.4. The number of aromatic nitrogens is 2. The number of imidazole rings is 1. The highest BCUT2D eigenvalue weighted by Crippen LogP contribution is 2.34. The van der Waals surface area contributed by atoms with Gasteiger partial charge in [0.2, 0.25) is 0 Å². The first-order chi connectivity index (χ1) is 20.7. The molecule has 0 aliphatic rings. The fourth-order valence-corrected chi connectivity index (χ4v) is 5.99. The molecule has 0 saturated heterocycles. The molecule has 0 aliphatic carbocycles. The minimum Gasteiger partial charge on any atom is -1.00 e. The van der Waals surface area contributed by atoms with Gasteiger partial charge in [-0.15, -0.1) is 0 Å². The van der Waals surface area contributed by atoms with Crippen molar-refractivity contribution in [2.24, 2.45) is 0 Å². The Bertz CT molecular complexity index is 1460. The SMILES string of the molecule is CCCCCCCCCCOC[n+]1c(CC(O)(c2ccccc2)c2ccccc2)n(-c2ccccc2)c2ccccc21.[Cl-]. The number of nitrogens with zero attached hydrogens (tertiary/aromatic N) is 2. The number of fused-ring (bicyclic) bond motifs is 1. The van der Waals surface area contributed by atoms with Crippen molar-refractivity contribution in [3.8, 4) is 5.69 Å². The number of halogens is 1. The van der Waals surface area contributed by atoms with Crippen molar-refractivity contribution in [3.05, 3.63) is 132 Å². The molecule has 0 saturated carbocycles. The van der Waals surface area contributed by atoms with E-state index in [4.69, 9.17) is 4.74 Å². The lowest BCUT2D eigenvalue weighted by Gasteiger charge is -2.28. The average Bonchev–Trinajstić information content (AvgIpc) is 3.35. The third-order valence-electron chi connectivity index (χ3n) is 8.28. The second kappa shape index (κ2) is 16.4. The third kappa shape index (κ3) is 7.94. The number of benzene rings is 4. The minimum atomic E-state index is -1.23. The van der Waals surface area contributed by atoms with Crippen molar-refractivity contribution < 1.29 is 26.8 Å². The molecule has 5 rings (SSSR count). The van der Waals surface area contributed by atoms with Crippen LogP contribution in [0.3, 0.4) is 0 Å². The van der Waals surface area contributed by atoms with Crippen LogP contribution in [-0.4, -0.2) is 16.3 Å². The molecule has 0 spiro atoms. The van der Waals surface area contributed by atoms with Gasteiger partial charge in [0.15, 0.2) is 17.8 Å². The summed E-state index contributed by atoms with van der Waals surface area (Å²) >= 11 is 0. The second-order valence-corrected chi connectivity index (χ2v) is 11.3. The number of unbranched alkanes of at least 4 members (excludes halogenated alkanes) is 7. The Balaban J connectivity index is 0.00000423. The molecule has 0 unspecified atom stereocenters. The van der Waals surface area contributed by atoms with Crippen molar-refractivity contribution >= 4 is 11.0 Å². The summed E-state index contributed by atoms with van der Waals surface area (Å²) in [6.07, 6.45) is 10.6. The topological polar surface area (TPSA) is 38.3 Å². The molecule has 5 aromatic rings. The quantitative estimate of drug-likeness (QED) is 0.120. The van der Waals surface area contributed by atoms with Gasteiger partial charge in [-0.25, -0.2) is 4.57 Å². The highest BCUT2D eigenvalue weighted by Gasteiger charge is 2.39. The van der Waals surface area contributed by atoms with Gasteiger partial charge >= 0.3 is 0 Å². The van der Waals surface area contributed by atoms with E-state index in [-0.39, 0.29) is 12.4 Å². The number of hydrogen-bond donors (Lipinski definition) is 1. The van der Waals surface area contributed by atoms with Gasteiger partial charge in [-0.3, -0.25) is 0 Å². The molecule has 1 aromatic heterocycles. The molecule has 4 nitrogen and oxygen atoms in total. The molecule has 5 heteroatoms. The van der Waals surface area contributed by atoms with Crippen LogP contribution >= 0.6 is 0 Å². The van der Waals surface area contributed by atoms with Crippen molar-refractivity contribution in [1.29, 1.82) is 0 Å². The van der Waals surface area contributed by atoms with Crippen LogP contribution in [-0.2, 0) is 23.5 Å². The number of rotatable bonds is 16.